The van der Waals surface area contributed by atoms with Crippen molar-refractivity contribution in [3.8, 4) is 0 Å². The van der Waals surface area contributed by atoms with Gasteiger partial charge in [0.1, 0.15) is 11.5 Å². The molecule has 10 nitrogen and oxygen atoms in total. The topological polar surface area (TPSA) is 142 Å². The molecule has 4 amide bonds. The third-order valence-corrected chi connectivity index (χ3v) is 5.56. The van der Waals surface area contributed by atoms with E-state index in [0.29, 0.717) is 16.5 Å². The van der Waals surface area contributed by atoms with Gasteiger partial charge in [-0.15, -0.1) is 0 Å². The van der Waals surface area contributed by atoms with E-state index < -0.39 is 23.6 Å². The van der Waals surface area contributed by atoms with Gasteiger partial charge in [0.05, 0.1) is 22.8 Å². The maximum atomic E-state index is 12.1. The van der Waals surface area contributed by atoms with Gasteiger partial charge < -0.3 is 20.4 Å². The number of nitrogens with zero attached hydrogens (tertiary/aromatic N) is 1. The summed E-state index contributed by atoms with van der Waals surface area (Å²) < 4.78 is 5.45. The Labute approximate surface area is 216 Å². The van der Waals surface area contributed by atoms with Crippen molar-refractivity contribution in [1.82, 2.24) is 10.7 Å². The molecule has 0 bridgehead atoms. The molecule has 1 aromatic heterocycles. The van der Waals surface area contributed by atoms with Crippen LogP contribution in [-0.4, -0.2) is 29.8 Å². The summed E-state index contributed by atoms with van der Waals surface area (Å²) in [5, 5.41) is 11.5. The molecule has 2 aromatic carbocycles. The number of nitrogens with one attached hydrogen (secondary N) is 4. The second-order valence-electron chi connectivity index (χ2n) is 7.52. The van der Waals surface area contributed by atoms with Gasteiger partial charge in [-0.1, -0.05) is 29.3 Å². The molecular weight excluding hydrogens is 509 g/mol. The van der Waals surface area contributed by atoms with Crippen molar-refractivity contribution in [2.45, 2.75) is 20.4 Å². The van der Waals surface area contributed by atoms with Crippen LogP contribution < -0.4 is 21.4 Å². The molecule has 0 spiro atoms. The van der Waals surface area contributed by atoms with Gasteiger partial charge in [0, 0.05) is 11.4 Å². The molecule has 0 saturated carbocycles. The minimum absolute atomic E-state index is 0.0502. The number of benzene rings is 2. The lowest BCUT2D eigenvalue weighted by atomic mass is 10.1. The summed E-state index contributed by atoms with van der Waals surface area (Å²) in [4.78, 5) is 48.0. The standard InChI is InChI=1S/C24H21Cl2N5O5/c1-13-3-4-15(9-14(13)2)29-22(33)21(32)27-11-17-6-7-18(36-17)12-28-31-24(35)23(34)30-16-5-8-19(25)20(26)10-16/h3-10,12H,11H2,1-2H3,(H,27,32)(H,29,33)(H,30,34)(H,31,35)/b28-12+. The monoisotopic (exact) mass is 529 g/mol. The van der Waals surface area contributed by atoms with Crippen molar-refractivity contribution in [2.24, 2.45) is 5.10 Å². The lowest BCUT2D eigenvalue weighted by Gasteiger charge is -2.07. The van der Waals surface area contributed by atoms with E-state index in [1.807, 2.05) is 19.9 Å². The van der Waals surface area contributed by atoms with Gasteiger partial charge in [-0.25, -0.2) is 5.43 Å². The van der Waals surface area contributed by atoms with Crippen LogP contribution in [0.2, 0.25) is 10.0 Å². The van der Waals surface area contributed by atoms with Crippen LogP contribution in [0, 0.1) is 13.8 Å². The van der Waals surface area contributed by atoms with Gasteiger partial charge in [-0.3, -0.25) is 19.2 Å². The van der Waals surface area contributed by atoms with Gasteiger partial charge in [0.25, 0.3) is 0 Å². The summed E-state index contributed by atoms with van der Waals surface area (Å²) in [6.45, 7) is 3.80. The van der Waals surface area contributed by atoms with E-state index in [1.165, 1.54) is 30.5 Å². The molecule has 0 atom stereocenters. The molecule has 3 aromatic rings. The first-order valence-corrected chi connectivity index (χ1v) is 11.2. The normalized spacial score (nSPS) is 10.7. The Hall–Kier alpha value is -4.15. The number of carbonyl (C=O) groups excluding carboxylic acids is 4. The Morgan fingerprint density at radius 2 is 1.47 bits per heavy atom. The quantitative estimate of drug-likeness (QED) is 0.219. The van der Waals surface area contributed by atoms with Crippen LogP contribution in [0.1, 0.15) is 22.6 Å². The fourth-order valence-corrected chi connectivity index (χ4v) is 3.08. The third kappa shape index (κ3) is 7.42. The number of aryl methyl sites for hydroxylation is 2. The molecule has 0 aliphatic heterocycles. The summed E-state index contributed by atoms with van der Waals surface area (Å²) in [7, 11) is 0. The summed E-state index contributed by atoms with van der Waals surface area (Å²) in [5.74, 6) is -3.05. The van der Waals surface area contributed by atoms with Crippen LogP contribution >= 0.6 is 23.2 Å². The van der Waals surface area contributed by atoms with Crippen molar-refractivity contribution in [1.29, 1.82) is 0 Å². The largest absolute Gasteiger partial charge is 0.458 e. The zero-order chi connectivity index (χ0) is 26.2. The van der Waals surface area contributed by atoms with Gasteiger partial charge in [-0.2, -0.15) is 5.10 Å². The van der Waals surface area contributed by atoms with Crippen molar-refractivity contribution in [3.63, 3.8) is 0 Å². The molecule has 0 aliphatic rings. The number of hydrazone groups is 1. The predicted octanol–water partition coefficient (Wildman–Crippen LogP) is 3.55. The second kappa shape index (κ2) is 12.0. The molecule has 4 N–H and O–H groups in total. The van der Waals surface area contributed by atoms with Crippen LogP contribution in [0.5, 0.6) is 0 Å². The number of halogens is 2. The Bertz CT molecular complexity index is 1350. The number of amides is 4. The third-order valence-electron chi connectivity index (χ3n) is 4.82. The number of hydrogen-bond donors (Lipinski definition) is 4. The van der Waals surface area contributed by atoms with Crippen molar-refractivity contribution < 1.29 is 23.6 Å². The Morgan fingerprint density at radius 1 is 0.806 bits per heavy atom. The van der Waals surface area contributed by atoms with Crippen LogP contribution in [0.25, 0.3) is 0 Å². The molecule has 0 fully saturated rings. The van der Waals surface area contributed by atoms with E-state index in [4.69, 9.17) is 27.6 Å². The second-order valence-corrected chi connectivity index (χ2v) is 8.34. The first-order valence-electron chi connectivity index (χ1n) is 10.5. The molecule has 0 saturated heterocycles. The van der Waals surface area contributed by atoms with Gasteiger partial charge in [0.2, 0.25) is 0 Å². The molecule has 0 unspecified atom stereocenters. The minimum Gasteiger partial charge on any atom is -0.458 e. The molecule has 3 rings (SSSR count). The number of anilines is 2. The van der Waals surface area contributed by atoms with E-state index in [2.05, 4.69) is 26.5 Å². The highest BCUT2D eigenvalue weighted by molar-refractivity contribution is 6.43. The van der Waals surface area contributed by atoms with E-state index >= 15 is 0 Å². The van der Waals surface area contributed by atoms with E-state index in [1.54, 1.807) is 18.2 Å². The average molecular weight is 530 g/mol. The SMILES string of the molecule is Cc1ccc(NC(=O)C(=O)NCc2ccc(/C=N/NC(=O)C(=O)Nc3ccc(Cl)c(Cl)c3)o2)cc1C. The van der Waals surface area contributed by atoms with Crippen LogP contribution in [0.15, 0.2) is 58.0 Å². The van der Waals surface area contributed by atoms with Crippen LogP contribution in [-0.2, 0) is 25.7 Å². The number of furan rings is 1. The van der Waals surface area contributed by atoms with Crippen LogP contribution in [0.4, 0.5) is 11.4 Å². The van der Waals surface area contributed by atoms with Crippen LogP contribution in [0.3, 0.4) is 0 Å². The number of rotatable bonds is 6. The Kier molecular flexibility index (Phi) is 8.82. The highest BCUT2D eigenvalue weighted by atomic mass is 35.5. The highest BCUT2D eigenvalue weighted by Gasteiger charge is 2.15. The van der Waals surface area contributed by atoms with Gasteiger partial charge in [-0.05, 0) is 67.4 Å². The van der Waals surface area contributed by atoms with Crippen molar-refractivity contribution >= 4 is 64.4 Å². The maximum absolute atomic E-state index is 12.1. The summed E-state index contributed by atoms with van der Waals surface area (Å²) in [6.07, 6.45) is 1.17. The highest BCUT2D eigenvalue weighted by Crippen LogP contribution is 2.24. The number of carbonyl (C=O) groups is 4. The molecule has 36 heavy (non-hydrogen) atoms. The zero-order valence-corrected chi connectivity index (χ0v) is 20.7. The minimum atomic E-state index is -1.02. The fraction of sp³-hybridized carbons (Fsp3) is 0.125. The summed E-state index contributed by atoms with van der Waals surface area (Å²) in [5.41, 5.74) is 4.92. The number of hydrogen-bond acceptors (Lipinski definition) is 6. The Balaban J connectivity index is 1.44. The van der Waals surface area contributed by atoms with E-state index in [-0.39, 0.29) is 23.0 Å². The van der Waals surface area contributed by atoms with Crippen molar-refractivity contribution in [2.75, 3.05) is 10.6 Å². The zero-order valence-electron chi connectivity index (χ0n) is 19.1. The first-order chi connectivity index (χ1) is 17.1. The predicted molar refractivity (Wildman–Crippen MR) is 136 cm³/mol. The molecule has 12 heteroatoms. The average Bonchev–Trinajstić information content (AvgIpc) is 3.29. The lowest BCUT2D eigenvalue weighted by Crippen LogP contribution is -2.34. The summed E-state index contributed by atoms with van der Waals surface area (Å²) in [6, 6.07) is 12.8. The lowest BCUT2D eigenvalue weighted by molar-refractivity contribution is -0.136. The summed E-state index contributed by atoms with van der Waals surface area (Å²) >= 11 is 11.7. The molecule has 0 radical (unpaired) electrons. The molecule has 186 valence electrons. The smallest absolute Gasteiger partial charge is 0.329 e. The van der Waals surface area contributed by atoms with E-state index in [9.17, 15) is 19.2 Å². The Morgan fingerprint density at radius 3 is 2.17 bits per heavy atom. The maximum Gasteiger partial charge on any atom is 0.329 e. The molecule has 0 aliphatic carbocycles. The van der Waals surface area contributed by atoms with E-state index in [0.717, 1.165) is 11.1 Å². The van der Waals surface area contributed by atoms with Gasteiger partial charge >= 0.3 is 23.6 Å². The van der Waals surface area contributed by atoms with Gasteiger partial charge in [0.15, 0.2) is 0 Å². The van der Waals surface area contributed by atoms with Crippen molar-refractivity contribution in [3.05, 3.63) is 81.2 Å². The fourth-order valence-electron chi connectivity index (χ4n) is 2.78. The molecular formula is C24H21Cl2N5O5. The molecule has 1 heterocycles. The first kappa shape index (κ1) is 26.5.